The Morgan fingerprint density at radius 2 is 1.86 bits per heavy atom. The molecule has 9 nitrogen and oxygen atoms in total. The number of carbonyl (C=O) groups excluding carboxylic acids is 1. The van der Waals surface area contributed by atoms with Crippen LogP contribution in [0.25, 0.3) is 0 Å². The molecule has 0 atom stereocenters. The summed E-state index contributed by atoms with van der Waals surface area (Å²) in [6.45, 7) is 1.30. The Morgan fingerprint density at radius 3 is 2.45 bits per heavy atom. The number of nitrogens with one attached hydrogen (secondary N) is 1. The molecule has 2 aromatic rings. The highest BCUT2D eigenvalue weighted by Crippen LogP contribution is 2.27. The van der Waals surface area contributed by atoms with E-state index >= 15 is 0 Å². The van der Waals surface area contributed by atoms with Crippen LogP contribution in [-0.2, 0) is 14.8 Å². The van der Waals surface area contributed by atoms with Crippen LogP contribution in [0.3, 0.4) is 0 Å². The van der Waals surface area contributed by atoms with E-state index in [1.54, 1.807) is 19.1 Å². The van der Waals surface area contributed by atoms with Gasteiger partial charge < -0.3 is 9.84 Å². The maximum Gasteiger partial charge on any atom is 0.335 e. The largest absolute Gasteiger partial charge is 0.495 e. The number of methoxy groups -OCH3 is 1. The van der Waals surface area contributed by atoms with E-state index in [2.05, 4.69) is 10.5 Å². The average molecular weight is 419 g/mol. The number of rotatable bonds is 8. The highest BCUT2D eigenvalue weighted by molar-refractivity contribution is 7.89. The Kier molecular flexibility index (Phi) is 7.08. The molecule has 29 heavy (non-hydrogen) atoms. The minimum Gasteiger partial charge on any atom is -0.495 e. The van der Waals surface area contributed by atoms with E-state index in [9.17, 15) is 18.0 Å². The number of ether oxygens (including phenoxy) is 1. The fourth-order valence-corrected chi connectivity index (χ4v) is 3.73. The van der Waals surface area contributed by atoms with Gasteiger partial charge in [-0.1, -0.05) is 18.2 Å². The van der Waals surface area contributed by atoms with Crippen LogP contribution in [0.5, 0.6) is 5.75 Å². The van der Waals surface area contributed by atoms with Crippen molar-refractivity contribution in [1.29, 1.82) is 0 Å². The lowest BCUT2D eigenvalue weighted by atomic mass is 10.1. The second-order valence-electron chi connectivity index (χ2n) is 6.14. The van der Waals surface area contributed by atoms with E-state index in [0.29, 0.717) is 5.56 Å². The van der Waals surface area contributed by atoms with Crippen LogP contribution in [0.2, 0.25) is 0 Å². The second-order valence-corrected chi connectivity index (χ2v) is 8.15. The van der Waals surface area contributed by atoms with Crippen LogP contribution in [-0.4, -0.2) is 56.6 Å². The number of hydrogen-bond donors (Lipinski definition) is 2. The van der Waals surface area contributed by atoms with Crippen molar-refractivity contribution in [3.8, 4) is 5.75 Å². The summed E-state index contributed by atoms with van der Waals surface area (Å²) in [6, 6.07) is 10.6. The first kappa shape index (κ1) is 22.1. The third kappa shape index (κ3) is 5.62. The van der Waals surface area contributed by atoms with Crippen molar-refractivity contribution in [3.63, 3.8) is 0 Å². The number of carboxylic acid groups (broad SMARTS) is 1. The monoisotopic (exact) mass is 419 g/mol. The lowest BCUT2D eigenvalue weighted by Crippen LogP contribution is -2.36. The van der Waals surface area contributed by atoms with Gasteiger partial charge in [0.2, 0.25) is 10.0 Å². The molecule has 0 aliphatic heterocycles. The summed E-state index contributed by atoms with van der Waals surface area (Å²) in [7, 11) is -1.30. The number of aromatic carboxylic acids is 1. The Morgan fingerprint density at radius 1 is 1.21 bits per heavy atom. The van der Waals surface area contributed by atoms with Crippen LogP contribution in [0.1, 0.15) is 21.5 Å². The molecule has 0 bridgehead atoms. The molecular weight excluding hydrogens is 398 g/mol. The van der Waals surface area contributed by atoms with Crippen molar-refractivity contribution in [3.05, 3.63) is 59.2 Å². The smallest absolute Gasteiger partial charge is 0.335 e. The molecule has 0 unspecified atom stereocenters. The molecule has 2 rings (SSSR count). The number of carbonyl (C=O) groups is 2. The third-order valence-corrected chi connectivity index (χ3v) is 5.76. The number of sulfonamides is 1. The summed E-state index contributed by atoms with van der Waals surface area (Å²) in [4.78, 5) is 22.8. The average Bonchev–Trinajstić information content (AvgIpc) is 2.68. The molecule has 2 aromatic carbocycles. The van der Waals surface area contributed by atoms with Gasteiger partial charge in [-0.3, -0.25) is 4.79 Å². The normalized spacial score (nSPS) is 11.6. The fourth-order valence-electron chi connectivity index (χ4n) is 2.37. The van der Waals surface area contributed by atoms with Gasteiger partial charge in [0.15, 0.2) is 0 Å². The number of likely N-dealkylation sites (N-methyl/N-ethyl adjacent to an activating group) is 1. The van der Waals surface area contributed by atoms with Gasteiger partial charge in [0, 0.05) is 7.05 Å². The predicted octanol–water partition coefficient (Wildman–Crippen LogP) is 1.47. The molecule has 2 N–H and O–H groups in total. The van der Waals surface area contributed by atoms with Crippen LogP contribution in [0, 0.1) is 6.92 Å². The first-order valence-corrected chi connectivity index (χ1v) is 9.85. The Hall–Kier alpha value is -3.24. The third-order valence-electron chi connectivity index (χ3n) is 3.93. The second kappa shape index (κ2) is 9.30. The van der Waals surface area contributed by atoms with Crippen molar-refractivity contribution in [2.24, 2.45) is 5.10 Å². The van der Waals surface area contributed by atoms with Crippen LogP contribution in [0.15, 0.2) is 52.5 Å². The Bertz CT molecular complexity index is 1030. The molecule has 0 saturated carbocycles. The van der Waals surface area contributed by atoms with Crippen molar-refractivity contribution in [2.75, 3.05) is 20.7 Å². The van der Waals surface area contributed by atoms with E-state index in [4.69, 9.17) is 9.84 Å². The van der Waals surface area contributed by atoms with E-state index in [1.807, 2.05) is 0 Å². The van der Waals surface area contributed by atoms with Crippen molar-refractivity contribution in [1.82, 2.24) is 9.73 Å². The number of carboxylic acids is 1. The van der Waals surface area contributed by atoms with Gasteiger partial charge in [0.1, 0.15) is 10.6 Å². The van der Waals surface area contributed by atoms with E-state index in [-0.39, 0.29) is 16.2 Å². The number of amides is 1. The molecule has 0 radical (unpaired) electrons. The van der Waals surface area contributed by atoms with E-state index in [0.717, 1.165) is 9.87 Å². The number of benzene rings is 2. The zero-order valence-electron chi connectivity index (χ0n) is 16.1. The van der Waals surface area contributed by atoms with Gasteiger partial charge >= 0.3 is 5.97 Å². The van der Waals surface area contributed by atoms with Crippen LogP contribution in [0.4, 0.5) is 0 Å². The number of hydrazone groups is 1. The topological polar surface area (TPSA) is 125 Å². The zero-order valence-corrected chi connectivity index (χ0v) is 16.9. The summed E-state index contributed by atoms with van der Waals surface area (Å²) in [5.74, 6) is -1.50. The van der Waals surface area contributed by atoms with Gasteiger partial charge in [0.05, 0.1) is 25.4 Å². The fraction of sp³-hybridized carbons (Fsp3) is 0.211. The minimum atomic E-state index is -3.95. The molecule has 0 aliphatic carbocycles. The summed E-state index contributed by atoms with van der Waals surface area (Å²) in [5.41, 5.74) is 3.68. The van der Waals surface area contributed by atoms with Gasteiger partial charge in [-0.25, -0.2) is 18.6 Å². The molecule has 0 aliphatic rings. The molecular formula is C19H21N3O6S. The molecule has 0 spiro atoms. The SMILES string of the molecule is COc1ccc(C)cc1S(=O)(=O)N(C)CC(=O)N/N=C\c1ccc(C(=O)O)cc1. The van der Waals surface area contributed by atoms with Crippen molar-refractivity contribution >= 4 is 28.1 Å². The lowest BCUT2D eigenvalue weighted by molar-refractivity contribution is -0.121. The minimum absolute atomic E-state index is 0.0303. The summed E-state index contributed by atoms with van der Waals surface area (Å²) in [5, 5.41) is 12.6. The Balaban J connectivity index is 2.02. The summed E-state index contributed by atoms with van der Waals surface area (Å²) >= 11 is 0. The number of nitrogens with zero attached hydrogens (tertiary/aromatic N) is 2. The lowest BCUT2D eigenvalue weighted by Gasteiger charge is -2.18. The molecule has 0 heterocycles. The van der Waals surface area contributed by atoms with E-state index in [1.165, 1.54) is 50.7 Å². The first-order valence-electron chi connectivity index (χ1n) is 8.41. The van der Waals surface area contributed by atoms with Gasteiger partial charge in [-0.2, -0.15) is 9.41 Å². The highest BCUT2D eigenvalue weighted by atomic mass is 32.2. The van der Waals surface area contributed by atoms with Crippen molar-refractivity contribution in [2.45, 2.75) is 11.8 Å². The van der Waals surface area contributed by atoms with E-state index < -0.39 is 28.4 Å². The van der Waals surface area contributed by atoms with Crippen LogP contribution < -0.4 is 10.2 Å². The van der Waals surface area contributed by atoms with Crippen molar-refractivity contribution < 1.29 is 27.9 Å². The quantitative estimate of drug-likeness (QED) is 0.493. The van der Waals surface area contributed by atoms with Gasteiger partial charge in [-0.15, -0.1) is 0 Å². The first-order chi connectivity index (χ1) is 13.6. The Labute approximate surface area is 168 Å². The molecule has 0 aromatic heterocycles. The highest BCUT2D eigenvalue weighted by Gasteiger charge is 2.26. The van der Waals surface area contributed by atoms with Crippen LogP contribution >= 0.6 is 0 Å². The zero-order chi connectivity index (χ0) is 21.6. The molecule has 0 fully saturated rings. The molecule has 0 saturated heterocycles. The summed E-state index contributed by atoms with van der Waals surface area (Å²) in [6.07, 6.45) is 1.32. The maximum absolute atomic E-state index is 12.8. The predicted molar refractivity (Wildman–Crippen MR) is 107 cm³/mol. The molecule has 1 amide bonds. The summed E-state index contributed by atoms with van der Waals surface area (Å²) < 4.78 is 31.5. The standard InChI is InChI=1S/C19H21N3O6S/c1-13-4-9-16(28-3)17(10-13)29(26,27)22(2)12-18(23)21-20-11-14-5-7-15(8-6-14)19(24)25/h4-11H,12H2,1-3H3,(H,21,23)(H,24,25)/b20-11-. The van der Waals surface area contributed by atoms with Gasteiger partial charge in [0.25, 0.3) is 5.91 Å². The maximum atomic E-state index is 12.8. The molecule has 10 heteroatoms. The molecule has 154 valence electrons. The van der Waals surface area contributed by atoms with Gasteiger partial charge in [-0.05, 0) is 42.3 Å². The number of aryl methyl sites for hydroxylation is 1. The number of hydrogen-bond acceptors (Lipinski definition) is 6.